The topological polar surface area (TPSA) is 181 Å². The normalized spacial score (nSPS) is 39.0. The van der Waals surface area contributed by atoms with Crippen LogP contribution in [0.2, 0.25) is 0 Å². The van der Waals surface area contributed by atoms with Gasteiger partial charge in [0.15, 0.2) is 23.3 Å². The van der Waals surface area contributed by atoms with Crippen LogP contribution in [0.3, 0.4) is 0 Å². The van der Waals surface area contributed by atoms with Crippen LogP contribution in [0.4, 0.5) is 0 Å². The number of carbonyl (C=O) groups is 4. The molecule has 5 rings (SSSR count). The standard InChI is InChI=1S/C40H61N5O10S/c1-12-28-40(8)29(33(37(50)55-40)56-15-13-14-45-20-43-26-18-41-19-42-35(26)45)23(4)30(46)21(2)17-39(7,51-11)34(24(5)31(47)25(6)36(49)53-28)54-38-32(48)27(44(9)10)16-22(3)52-38/h18-25,27-29,32-34,38,48H,12-17H2,1-11H3/t21-,22-,23?,24+,25-,27+,28-,29+,32-,33?,34-,38?,39-,40-/m1/s1. The zero-order valence-corrected chi connectivity index (χ0v) is 35.5. The summed E-state index contributed by atoms with van der Waals surface area (Å²) in [5.74, 6) is -5.42. The van der Waals surface area contributed by atoms with Gasteiger partial charge in [0, 0.05) is 43.4 Å². The van der Waals surface area contributed by atoms with Crippen molar-refractivity contribution in [2.45, 2.75) is 141 Å². The molecule has 5 heterocycles. The summed E-state index contributed by atoms with van der Waals surface area (Å²) >= 11 is 1.42. The van der Waals surface area contributed by atoms with Gasteiger partial charge in [0.05, 0.1) is 30.3 Å². The van der Waals surface area contributed by atoms with Crippen molar-refractivity contribution in [2.24, 2.45) is 29.6 Å². The zero-order chi connectivity index (χ0) is 41.3. The number of likely N-dealkylation sites (N-methyl/N-ethyl adjacent to an activating group) is 1. The molecule has 2 aromatic heterocycles. The molecule has 56 heavy (non-hydrogen) atoms. The summed E-state index contributed by atoms with van der Waals surface area (Å²) in [4.78, 5) is 71.4. The second kappa shape index (κ2) is 17.9. The summed E-state index contributed by atoms with van der Waals surface area (Å²) in [5.41, 5.74) is -1.20. The lowest BCUT2D eigenvalue weighted by atomic mass is 9.70. The van der Waals surface area contributed by atoms with Crippen molar-refractivity contribution in [3.63, 3.8) is 0 Å². The van der Waals surface area contributed by atoms with E-state index in [9.17, 15) is 24.3 Å². The minimum Gasteiger partial charge on any atom is -0.458 e. The van der Waals surface area contributed by atoms with Crippen LogP contribution < -0.4 is 0 Å². The van der Waals surface area contributed by atoms with E-state index in [0.29, 0.717) is 30.7 Å². The Balaban J connectivity index is 1.46. The number of aliphatic hydroxyl groups excluding tert-OH is 1. The lowest BCUT2D eigenvalue weighted by Crippen LogP contribution is -2.59. The molecule has 1 N–H and O–H groups in total. The van der Waals surface area contributed by atoms with E-state index in [1.807, 2.05) is 51.3 Å². The number of rotatable bonds is 10. The van der Waals surface area contributed by atoms with E-state index in [1.165, 1.54) is 32.1 Å². The van der Waals surface area contributed by atoms with E-state index in [1.54, 1.807) is 33.3 Å². The van der Waals surface area contributed by atoms with Crippen LogP contribution in [0.15, 0.2) is 18.9 Å². The molecule has 3 aliphatic rings. The first kappa shape index (κ1) is 44.1. The van der Waals surface area contributed by atoms with E-state index >= 15 is 0 Å². The van der Waals surface area contributed by atoms with E-state index in [2.05, 4.69) is 15.0 Å². The number of hydrogen-bond donors (Lipinski definition) is 1. The number of fused-ring (bicyclic) bond motifs is 2. The third-order valence-electron chi connectivity index (χ3n) is 12.4. The second-order valence-electron chi connectivity index (χ2n) is 16.6. The molecule has 0 amide bonds. The quantitative estimate of drug-likeness (QED) is 0.208. The van der Waals surface area contributed by atoms with Crippen LogP contribution >= 0.6 is 11.8 Å². The van der Waals surface area contributed by atoms with Gasteiger partial charge in [-0.1, -0.05) is 27.7 Å². The van der Waals surface area contributed by atoms with Crippen molar-refractivity contribution in [3.05, 3.63) is 18.9 Å². The number of methoxy groups -OCH3 is 1. The smallest absolute Gasteiger partial charge is 0.320 e. The summed E-state index contributed by atoms with van der Waals surface area (Å²) < 4.78 is 33.2. The number of aryl methyl sites for hydroxylation is 1. The van der Waals surface area contributed by atoms with Crippen LogP contribution in [-0.2, 0) is 49.4 Å². The molecule has 14 atom stereocenters. The molecule has 0 aliphatic carbocycles. The molecule has 3 saturated heterocycles. The Morgan fingerprint density at radius 1 is 1.04 bits per heavy atom. The maximum Gasteiger partial charge on any atom is 0.320 e. The van der Waals surface area contributed by atoms with Gasteiger partial charge < -0.3 is 38.3 Å². The third kappa shape index (κ3) is 8.70. The molecule has 3 fully saturated rings. The monoisotopic (exact) mass is 803 g/mol. The van der Waals surface area contributed by atoms with Crippen molar-refractivity contribution < 1.29 is 48.0 Å². The van der Waals surface area contributed by atoms with Gasteiger partial charge >= 0.3 is 11.9 Å². The van der Waals surface area contributed by atoms with Gasteiger partial charge in [-0.2, -0.15) is 0 Å². The number of thioether (sulfide) groups is 1. The lowest BCUT2D eigenvalue weighted by Gasteiger charge is -2.47. The molecule has 0 spiro atoms. The molecule has 0 radical (unpaired) electrons. The number of cyclic esters (lactones) is 1. The van der Waals surface area contributed by atoms with E-state index < -0.39 is 88.4 Å². The summed E-state index contributed by atoms with van der Waals surface area (Å²) in [6.07, 6.45) is 2.12. The molecule has 0 saturated carbocycles. The fraction of sp³-hybridized carbons (Fsp3) is 0.775. The largest absolute Gasteiger partial charge is 0.458 e. The predicted octanol–water partition coefficient (Wildman–Crippen LogP) is 3.87. The van der Waals surface area contributed by atoms with Gasteiger partial charge in [0.25, 0.3) is 0 Å². The van der Waals surface area contributed by atoms with Crippen LogP contribution in [0.25, 0.3) is 11.2 Å². The van der Waals surface area contributed by atoms with E-state index in [4.69, 9.17) is 23.7 Å². The lowest BCUT2D eigenvalue weighted by molar-refractivity contribution is -0.295. The number of Topliss-reactive ketones (excluding diaryl/α,β-unsaturated/α-hetero) is 2. The van der Waals surface area contributed by atoms with Crippen molar-refractivity contribution in [1.82, 2.24) is 24.4 Å². The number of aromatic nitrogens is 4. The molecule has 16 heteroatoms. The molecule has 15 nitrogen and oxygen atoms in total. The first-order valence-corrected chi connectivity index (χ1v) is 20.9. The summed E-state index contributed by atoms with van der Waals surface area (Å²) in [6, 6.07) is -0.278. The number of esters is 2. The Labute approximate surface area is 334 Å². The van der Waals surface area contributed by atoms with Gasteiger partial charge in [0.2, 0.25) is 0 Å². The van der Waals surface area contributed by atoms with E-state index in [0.717, 1.165) is 5.65 Å². The number of carbonyl (C=O) groups excluding carboxylic acids is 4. The van der Waals surface area contributed by atoms with Crippen LogP contribution in [-0.4, -0.2) is 133 Å². The Hall–Kier alpha value is -3.02. The second-order valence-corrected chi connectivity index (χ2v) is 17.9. The predicted molar refractivity (Wildman–Crippen MR) is 208 cm³/mol. The van der Waals surface area contributed by atoms with Gasteiger partial charge in [0.1, 0.15) is 41.0 Å². The SMILES string of the molecule is CC[C@H]1OC(=O)[C@H](C)C(=O)[C@H](C)[C@@H](OC2O[C@H](C)C[C@H](N(C)C)[C@H]2O)[C@](C)(OC)C[C@@H](C)C(=O)C(C)[C@H]2C(SCCCn3cnc4cncnc43)C(=O)O[C@@]21C. The van der Waals surface area contributed by atoms with E-state index in [-0.39, 0.29) is 30.8 Å². The average Bonchev–Trinajstić information content (AvgIpc) is 3.70. The van der Waals surface area contributed by atoms with Crippen LogP contribution in [0, 0.1) is 29.6 Å². The highest BCUT2D eigenvalue weighted by molar-refractivity contribution is 8.00. The highest BCUT2D eigenvalue weighted by Gasteiger charge is 2.61. The highest BCUT2D eigenvalue weighted by atomic mass is 32.2. The Kier molecular flexibility index (Phi) is 14.1. The van der Waals surface area contributed by atoms with Crippen molar-refractivity contribution in [3.8, 4) is 0 Å². The maximum atomic E-state index is 14.7. The minimum absolute atomic E-state index is 0.127. The Morgan fingerprint density at radius 2 is 1.75 bits per heavy atom. The molecular weight excluding hydrogens is 743 g/mol. The first-order valence-electron chi connectivity index (χ1n) is 19.8. The summed E-state index contributed by atoms with van der Waals surface area (Å²) in [5, 5.41) is 10.7. The van der Waals surface area contributed by atoms with Crippen LogP contribution in [0.1, 0.15) is 81.1 Å². The zero-order valence-electron chi connectivity index (χ0n) is 34.7. The third-order valence-corrected chi connectivity index (χ3v) is 13.8. The molecule has 3 unspecified atom stereocenters. The van der Waals surface area contributed by atoms with Crippen molar-refractivity contribution in [2.75, 3.05) is 27.0 Å². The van der Waals surface area contributed by atoms with Gasteiger partial charge in [-0.05, 0) is 73.2 Å². The molecule has 3 aliphatic heterocycles. The molecular formula is C40H61N5O10S. The minimum atomic E-state index is -1.35. The number of ketones is 2. The number of nitrogens with zero attached hydrogens (tertiary/aromatic N) is 5. The number of ether oxygens (including phenoxy) is 5. The average molecular weight is 804 g/mol. The summed E-state index contributed by atoms with van der Waals surface area (Å²) in [6.45, 7) is 14.6. The molecule has 312 valence electrons. The Bertz CT molecular complexity index is 1730. The van der Waals surface area contributed by atoms with Gasteiger partial charge in [-0.15, -0.1) is 11.8 Å². The number of imidazole rings is 1. The maximum absolute atomic E-state index is 14.7. The highest BCUT2D eigenvalue weighted by Crippen LogP contribution is 2.49. The fourth-order valence-corrected chi connectivity index (χ4v) is 10.6. The Morgan fingerprint density at radius 3 is 2.41 bits per heavy atom. The van der Waals surface area contributed by atoms with Crippen molar-refractivity contribution in [1.29, 1.82) is 0 Å². The fourth-order valence-electron chi connectivity index (χ4n) is 9.17. The van der Waals surface area contributed by atoms with Crippen LogP contribution in [0.5, 0.6) is 0 Å². The summed E-state index contributed by atoms with van der Waals surface area (Å²) in [7, 11) is 5.24. The van der Waals surface area contributed by atoms with Gasteiger partial charge in [-0.25, -0.2) is 15.0 Å². The number of hydrogen-bond acceptors (Lipinski definition) is 15. The first-order chi connectivity index (χ1) is 26.4. The van der Waals surface area contributed by atoms with Crippen molar-refractivity contribution >= 4 is 46.4 Å². The molecule has 0 aromatic carbocycles. The van der Waals surface area contributed by atoms with Gasteiger partial charge in [-0.3, -0.25) is 19.2 Å². The molecule has 0 bridgehead atoms. The number of aliphatic hydroxyl groups is 1. The molecule has 2 aromatic rings.